The highest BCUT2D eigenvalue weighted by Gasteiger charge is 2.20. The molecule has 4 nitrogen and oxygen atoms in total. The molecule has 96 valence electrons. The highest BCUT2D eigenvalue weighted by atomic mass is 16.5. The van der Waals surface area contributed by atoms with Crippen LogP contribution in [0.5, 0.6) is 0 Å². The molecule has 0 aromatic carbocycles. The second-order valence-corrected chi connectivity index (χ2v) is 4.59. The zero-order valence-electron chi connectivity index (χ0n) is 10.9. The van der Waals surface area contributed by atoms with Crippen molar-refractivity contribution in [3.05, 3.63) is 0 Å². The summed E-state index contributed by atoms with van der Waals surface area (Å²) in [5.74, 6) is 0. The molecule has 1 aliphatic heterocycles. The standard InChI is InChI=1S/C12H26N2O2/c1-11(10-16-3)14(7-8-15-2)9-12-5-4-6-13-12/h11-13H,4-10H2,1-3H3/t11?,12-/m1/s1. The predicted octanol–water partition coefficient (Wildman–Crippen LogP) is 0.722. The van der Waals surface area contributed by atoms with E-state index in [-0.39, 0.29) is 0 Å². The highest BCUT2D eigenvalue weighted by molar-refractivity contribution is 4.80. The molecule has 1 rings (SSSR count). The smallest absolute Gasteiger partial charge is 0.0615 e. The van der Waals surface area contributed by atoms with Gasteiger partial charge in [-0.3, -0.25) is 4.90 Å². The lowest BCUT2D eigenvalue weighted by Gasteiger charge is -2.30. The molecule has 0 radical (unpaired) electrons. The number of methoxy groups -OCH3 is 2. The van der Waals surface area contributed by atoms with E-state index in [0.717, 1.165) is 26.3 Å². The van der Waals surface area contributed by atoms with Crippen LogP contribution < -0.4 is 5.32 Å². The Morgan fingerprint density at radius 3 is 2.75 bits per heavy atom. The van der Waals surface area contributed by atoms with Gasteiger partial charge in [-0.15, -0.1) is 0 Å². The summed E-state index contributed by atoms with van der Waals surface area (Å²) in [4.78, 5) is 2.45. The van der Waals surface area contributed by atoms with Crippen LogP contribution in [0.25, 0.3) is 0 Å². The molecule has 1 fully saturated rings. The molecule has 0 spiro atoms. The van der Waals surface area contributed by atoms with Gasteiger partial charge in [0.05, 0.1) is 13.2 Å². The van der Waals surface area contributed by atoms with Gasteiger partial charge in [-0.05, 0) is 26.3 Å². The van der Waals surface area contributed by atoms with E-state index >= 15 is 0 Å². The lowest BCUT2D eigenvalue weighted by atomic mass is 10.2. The minimum Gasteiger partial charge on any atom is -0.383 e. The topological polar surface area (TPSA) is 33.7 Å². The van der Waals surface area contributed by atoms with Gasteiger partial charge in [0, 0.05) is 39.4 Å². The molecule has 0 amide bonds. The molecule has 0 aliphatic carbocycles. The molecular formula is C12H26N2O2. The van der Waals surface area contributed by atoms with E-state index in [4.69, 9.17) is 9.47 Å². The normalized spacial score (nSPS) is 22.9. The Morgan fingerprint density at radius 1 is 1.38 bits per heavy atom. The van der Waals surface area contributed by atoms with Gasteiger partial charge >= 0.3 is 0 Å². The van der Waals surface area contributed by atoms with Crippen molar-refractivity contribution in [1.82, 2.24) is 10.2 Å². The number of nitrogens with zero attached hydrogens (tertiary/aromatic N) is 1. The van der Waals surface area contributed by atoms with Crippen LogP contribution in [-0.2, 0) is 9.47 Å². The monoisotopic (exact) mass is 230 g/mol. The Hall–Kier alpha value is -0.160. The van der Waals surface area contributed by atoms with Crippen LogP contribution in [0.1, 0.15) is 19.8 Å². The van der Waals surface area contributed by atoms with Crippen LogP contribution in [0.4, 0.5) is 0 Å². The molecule has 2 atom stereocenters. The van der Waals surface area contributed by atoms with Crippen LogP contribution in [0.2, 0.25) is 0 Å². The third kappa shape index (κ3) is 4.78. The molecule has 1 aliphatic rings. The Morgan fingerprint density at radius 2 is 2.19 bits per heavy atom. The first-order valence-electron chi connectivity index (χ1n) is 6.23. The van der Waals surface area contributed by atoms with Crippen LogP contribution in [0, 0.1) is 0 Å². The van der Waals surface area contributed by atoms with E-state index in [1.165, 1.54) is 19.4 Å². The van der Waals surface area contributed by atoms with Gasteiger partial charge in [-0.1, -0.05) is 0 Å². The van der Waals surface area contributed by atoms with Crippen molar-refractivity contribution >= 4 is 0 Å². The summed E-state index contributed by atoms with van der Waals surface area (Å²) >= 11 is 0. The first-order chi connectivity index (χ1) is 7.77. The molecule has 1 unspecified atom stereocenters. The van der Waals surface area contributed by atoms with Crippen LogP contribution in [0.3, 0.4) is 0 Å². The fourth-order valence-electron chi connectivity index (χ4n) is 2.24. The van der Waals surface area contributed by atoms with E-state index in [2.05, 4.69) is 17.1 Å². The lowest BCUT2D eigenvalue weighted by molar-refractivity contribution is 0.0701. The quantitative estimate of drug-likeness (QED) is 0.666. The summed E-state index contributed by atoms with van der Waals surface area (Å²) in [5, 5.41) is 3.54. The first kappa shape index (κ1) is 13.9. The SMILES string of the molecule is COCCN(C[C@H]1CCCN1)C(C)COC. The van der Waals surface area contributed by atoms with E-state index < -0.39 is 0 Å². The molecule has 16 heavy (non-hydrogen) atoms. The Bertz CT molecular complexity index is 172. The number of hydrogen-bond acceptors (Lipinski definition) is 4. The molecule has 0 aromatic rings. The molecular weight excluding hydrogens is 204 g/mol. The summed E-state index contributed by atoms with van der Waals surface area (Å²) in [7, 11) is 3.52. The van der Waals surface area contributed by atoms with Crippen LogP contribution in [0.15, 0.2) is 0 Å². The lowest BCUT2D eigenvalue weighted by Crippen LogP contribution is -2.45. The van der Waals surface area contributed by atoms with Gasteiger partial charge in [0.1, 0.15) is 0 Å². The van der Waals surface area contributed by atoms with E-state index in [1.54, 1.807) is 14.2 Å². The highest BCUT2D eigenvalue weighted by Crippen LogP contribution is 2.09. The van der Waals surface area contributed by atoms with Crippen molar-refractivity contribution in [1.29, 1.82) is 0 Å². The third-order valence-corrected chi connectivity index (χ3v) is 3.23. The van der Waals surface area contributed by atoms with Crippen molar-refractivity contribution in [3.63, 3.8) is 0 Å². The maximum absolute atomic E-state index is 5.23. The third-order valence-electron chi connectivity index (χ3n) is 3.23. The van der Waals surface area contributed by atoms with Crippen molar-refractivity contribution in [2.24, 2.45) is 0 Å². The molecule has 4 heteroatoms. The van der Waals surface area contributed by atoms with Gasteiger partial charge in [-0.2, -0.15) is 0 Å². The minimum atomic E-state index is 0.461. The van der Waals surface area contributed by atoms with Crippen LogP contribution in [-0.4, -0.2) is 64.1 Å². The van der Waals surface area contributed by atoms with E-state index in [9.17, 15) is 0 Å². The van der Waals surface area contributed by atoms with Gasteiger partial charge in [0.15, 0.2) is 0 Å². The number of hydrogen-bond donors (Lipinski definition) is 1. The van der Waals surface area contributed by atoms with Gasteiger partial charge in [-0.25, -0.2) is 0 Å². The van der Waals surface area contributed by atoms with Gasteiger partial charge in [0.25, 0.3) is 0 Å². The molecule has 1 saturated heterocycles. The van der Waals surface area contributed by atoms with E-state index in [0.29, 0.717) is 12.1 Å². The fraction of sp³-hybridized carbons (Fsp3) is 1.00. The number of nitrogens with one attached hydrogen (secondary N) is 1. The largest absolute Gasteiger partial charge is 0.383 e. The first-order valence-corrected chi connectivity index (χ1v) is 6.23. The zero-order chi connectivity index (χ0) is 11.8. The number of rotatable bonds is 8. The molecule has 1 heterocycles. The Kier molecular flexibility index (Phi) is 6.96. The van der Waals surface area contributed by atoms with Crippen molar-refractivity contribution in [2.45, 2.75) is 31.8 Å². The molecule has 0 bridgehead atoms. The summed E-state index contributed by atoms with van der Waals surface area (Å²) < 4.78 is 10.4. The average Bonchev–Trinajstić information content (AvgIpc) is 2.77. The Labute approximate surface area is 99.3 Å². The molecule has 0 saturated carbocycles. The maximum Gasteiger partial charge on any atom is 0.0615 e. The molecule has 1 N–H and O–H groups in total. The fourth-order valence-corrected chi connectivity index (χ4v) is 2.24. The summed E-state index contributed by atoms with van der Waals surface area (Å²) in [6, 6.07) is 1.11. The van der Waals surface area contributed by atoms with Crippen molar-refractivity contribution in [2.75, 3.05) is 47.1 Å². The Balaban J connectivity index is 2.34. The average molecular weight is 230 g/mol. The minimum absolute atomic E-state index is 0.461. The van der Waals surface area contributed by atoms with E-state index in [1.807, 2.05) is 0 Å². The molecule has 0 aromatic heterocycles. The number of ether oxygens (including phenoxy) is 2. The summed E-state index contributed by atoms with van der Waals surface area (Å²) in [6.07, 6.45) is 2.60. The summed E-state index contributed by atoms with van der Waals surface area (Å²) in [6.45, 7) is 7.06. The second-order valence-electron chi connectivity index (χ2n) is 4.59. The van der Waals surface area contributed by atoms with Crippen molar-refractivity contribution in [3.8, 4) is 0 Å². The van der Waals surface area contributed by atoms with Crippen molar-refractivity contribution < 1.29 is 9.47 Å². The summed E-state index contributed by atoms with van der Waals surface area (Å²) in [5.41, 5.74) is 0. The maximum atomic E-state index is 5.23. The second kappa shape index (κ2) is 8.01. The van der Waals surface area contributed by atoms with Crippen LogP contribution >= 0.6 is 0 Å². The zero-order valence-corrected chi connectivity index (χ0v) is 10.9. The predicted molar refractivity (Wildman–Crippen MR) is 65.8 cm³/mol. The van der Waals surface area contributed by atoms with Gasteiger partial charge in [0.2, 0.25) is 0 Å². The van der Waals surface area contributed by atoms with Gasteiger partial charge < -0.3 is 14.8 Å².